The Balaban J connectivity index is 1.23. The van der Waals surface area contributed by atoms with Crippen LogP contribution in [0.5, 0.6) is 0 Å². The standard InChI is InChI=1S/C36H54BrN3OS/c1-23(2)11-10-12-24(3)26-15-16-27-25-17-22-36(37)32(41-7)29(19-21-35(36,5)28(25)18-20-34(26,27)4)38-39-33-40(6)30-13-8-9-14-31(30)42-33/h8-9,13-14,23-28,32H,10-12,15-22H2,1-7H3/b38-29+,39-33+/t24-,25+,26-,27+,28+,32?,34-,35-,36?/m1/s1. The van der Waals surface area contributed by atoms with E-state index < -0.39 is 0 Å². The normalized spacial score (nSPS) is 40.4. The third-order valence-corrected chi connectivity index (χ3v) is 15.9. The molecule has 1 aromatic carbocycles. The summed E-state index contributed by atoms with van der Waals surface area (Å²) in [5.41, 5.74) is 3.06. The first-order chi connectivity index (χ1) is 20.0. The molecule has 4 aliphatic rings. The lowest BCUT2D eigenvalue weighted by Gasteiger charge is -2.65. The highest BCUT2D eigenvalue weighted by Crippen LogP contribution is 2.70. The van der Waals surface area contributed by atoms with Crippen molar-refractivity contribution in [3.8, 4) is 0 Å². The Morgan fingerprint density at radius 2 is 1.79 bits per heavy atom. The predicted molar refractivity (Wildman–Crippen MR) is 181 cm³/mol. The summed E-state index contributed by atoms with van der Waals surface area (Å²) in [7, 11) is 3.98. The Morgan fingerprint density at radius 3 is 2.52 bits per heavy atom. The van der Waals surface area contributed by atoms with E-state index in [1.807, 2.05) is 7.11 Å². The molecule has 0 spiro atoms. The molecule has 4 nitrogen and oxygen atoms in total. The zero-order chi connectivity index (χ0) is 29.9. The highest BCUT2D eigenvalue weighted by molar-refractivity contribution is 9.10. The van der Waals surface area contributed by atoms with Crippen molar-refractivity contribution in [2.45, 2.75) is 116 Å². The third-order valence-electron chi connectivity index (χ3n) is 13.1. The van der Waals surface area contributed by atoms with E-state index in [0.29, 0.717) is 5.41 Å². The van der Waals surface area contributed by atoms with Crippen molar-refractivity contribution >= 4 is 43.2 Å². The van der Waals surface area contributed by atoms with Crippen molar-refractivity contribution in [3.05, 3.63) is 29.1 Å². The van der Waals surface area contributed by atoms with Crippen LogP contribution in [0.4, 0.5) is 0 Å². The number of methoxy groups -OCH3 is 1. The number of fused-ring (bicyclic) bond motifs is 6. The summed E-state index contributed by atoms with van der Waals surface area (Å²) in [6.45, 7) is 12.7. The van der Waals surface area contributed by atoms with Gasteiger partial charge in [0.2, 0.25) is 4.80 Å². The fourth-order valence-electron chi connectivity index (χ4n) is 10.8. The molecule has 4 fully saturated rings. The molecule has 0 radical (unpaired) electrons. The highest BCUT2D eigenvalue weighted by atomic mass is 79.9. The number of hydrogen-bond acceptors (Lipinski definition) is 4. The number of hydrogen-bond donors (Lipinski definition) is 0. The Morgan fingerprint density at radius 1 is 1.00 bits per heavy atom. The lowest BCUT2D eigenvalue weighted by atomic mass is 9.44. The molecule has 1 heterocycles. The largest absolute Gasteiger partial charge is 0.374 e. The van der Waals surface area contributed by atoms with Crippen molar-refractivity contribution in [3.63, 3.8) is 0 Å². The topological polar surface area (TPSA) is 38.9 Å². The fourth-order valence-corrected chi connectivity index (χ4v) is 12.9. The van der Waals surface area contributed by atoms with Crippen molar-refractivity contribution < 1.29 is 4.74 Å². The molecule has 42 heavy (non-hydrogen) atoms. The zero-order valence-electron chi connectivity index (χ0n) is 27.2. The number of benzene rings is 1. The van der Waals surface area contributed by atoms with Gasteiger partial charge in [0, 0.05) is 14.2 Å². The van der Waals surface area contributed by atoms with Gasteiger partial charge in [0.25, 0.3) is 0 Å². The Kier molecular flexibility index (Phi) is 8.68. The number of thiazole rings is 1. The molecule has 0 bridgehead atoms. The van der Waals surface area contributed by atoms with Crippen LogP contribution in [-0.4, -0.2) is 27.8 Å². The summed E-state index contributed by atoms with van der Waals surface area (Å²) in [6.07, 6.45) is 14.5. The van der Waals surface area contributed by atoms with Gasteiger partial charge < -0.3 is 9.30 Å². The monoisotopic (exact) mass is 655 g/mol. The molecule has 4 aliphatic carbocycles. The van der Waals surface area contributed by atoms with Gasteiger partial charge in [0.05, 0.1) is 20.3 Å². The molecule has 0 amide bonds. The highest BCUT2D eigenvalue weighted by Gasteiger charge is 2.67. The second-order valence-corrected chi connectivity index (χ2v) is 17.9. The molecule has 232 valence electrons. The molecule has 0 aliphatic heterocycles. The van der Waals surface area contributed by atoms with Gasteiger partial charge in [-0.1, -0.05) is 93.3 Å². The molecule has 2 aromatic rings. The van der Waals surface area contributed by atoms with Crippen LogP contribution in [0.15, 0.2) is 34.5 Å². The van der Waals surface area contributed by atoms with Gasteiger partial charge in [0.1, 0.15) is 6.10 Å². The number of aromatic nitrogens is 1. The van der Waals surface area contributed by atoms with E-state index in [9.17, 15) is 0 Å². The maximum Gasteiger partial charge on any atom is 0.211 e. The van der Waals surface area contributed by atoms with Gasteiger partial charge in [-0.25, -0.2) is 0 Å². The lowest BCUT2D eigenvalue weighted by Crippen LogP contribution is -2.65. The van der Waals surface area contributed by atoms with E-state index in [1.165, 1.54) is 74.4 Å². The van der Waals surface area contributed by atoms with Crippen LogP contribution in [0.25, 0.3) is 10.2 Å². The number of para-hydroxylation sites is 1. The van der Waals surface area contributed by atoms with Gasteiger partial charge in [-0.05, 0) is 110 Å². The Bertz CT molecular complexity index is 1380. The van der Waals surface area contributed by atoms with Crippen LogP contribution in [-0.2, 0) is 11.8 Å². The van der Waals surface area contributed by atoms with E-state index in [-0.39, 0.29) is 15.8 Å². The molecule has 6 heteroatoms. The fraction of sp³-hybridized carbons (Fsp3) is 0.778. The van der Waals surface area contributed by atoms with E-state index >= 15 is 0 Å². The van der Waals surface area contributed by atoms with E-state index in [1.54, 1.807) is 11.3 Å². The number of ether oxygens (including phenoxy) is 1. The Hall–Kier alpha value is -0.980. The average Bonchev–Trinajstić information content (AvgIpc) is 3.48. The average molecular weight is 657 g/mol. The number of alkyl halides is 1. The van der Waals surface area contributed by atoms with Crippen LogP contribution >= 0.6 is 27.3 Å². The number of rotatable bonds is 7. The molecule has 6 rings (SSSR count). The number of nitrogens with zero attached hydrogens (tertiary/aromatic N) is 3. The van der Waals surface area contributed by atoms with E-state index in [2.05, 4.69) is 86.4 Å². The molecule has 0 N–H and O–H groups in total. The van der Waals surface area contributed by atoms with Crippen molar-refractivity contribution in [2.75, 3.05) is 7.11 Å². The minimum atomic E-state index is -0.0826. The van der Waals surface area contributed by atoms with Crippen LogP contribution in [0.1, 0.15) is 105 Å². The quantitative estimate of drug-likeness (QED) is 0.216. The van der Waals surface area contributed by atoms with Gasteiger partial charge in [-0.3, -0.25) is 0 Å². The first-order valence-corrected chi connectivity index (χ1v) is 18.5. The van der Waals surface area contributed by atoms with Crippen molar-refractivity contribution in [1.29, 1.82) is 0 Å². The zero-order valence-corrected chi connectivity index (χ0v) is 29.6. The number of halogens is 1. The predicted octanol–water partition coefficient (Wildman–Crippen LogP) is 9.76. The van der Waals surface area contributed by atoms with Gasteiger partial charge in [-0.15, -0.1) is 5.10 Å². The summed E-state index contributed by atoms with van der Waals surface area (Å²) >= 11 is 6.15. The summed E-state index contributed by atoms with van der Waals surface area (Å²) in [6, 6.07) is 8.50. The number of aryl methyl sites for hydroxylation is 1. The van der Waals surface area contributed by atoms with Crippen LogP contribution in [0.2, 0.25) is 0 Å². The molecule has 4 saturated carbocycles. The molecule has 0 saturated heterocycles. The third kappa shape index (κ3) is 4.92. The van der Waals surface area contributed by atoms with Crippen LogP contribution in [0, 0.1) is 46.3 Å². The summed E-state index contributed by atoms with van der Waals surface area (Å²) in [5.74, 6) is 5.11. The second kappa shape index (κ2) is 11.7. The lowest BCUT2D eigenvalue weighted by molar-refractivity contribution is -0.114. The second-order valence-electron chi connectivity index (χ2n) is 15.4. The van der Waals surface area contributed by atoms with E-state index in [4.69, 9.17) is 14.9 Å². The first-order valence-electron chi connectivity index (χ1n) is 16.9. The molecule has 1 aromatic heterocycles. The first kappa shape index (κ1) is 31.0. The van der Waals surface area contributed by atoms with Gasteiger partial charge in [-0.2, -0.15) is 5.10 Å². The SMILES string of the molecule is COC1/C(=N/N=c2/sc3ccccc3n2C)CC[C@]2(C)[C@H]3CC[C@]4(C)[C@@H]([C@H](C)CCCC(C)C)CC[C@H]4[C@@H]3CCC12Br. The van der Waals surface area contributed by atoms with Gasteiger partial charge >= 0.3 is 0 Å². The summed E-state index contributed by atoms with van der Waals surface area (Å²) < 4.78 is 9.69. The van der Waals surface area contributed by atoms with Crippen molar-refractivity contribution in [2.24, 2.45) is 63.6 Å². The van der Waals surface area contributed by atoms with Crippen molar-refractivity contribution in [1.82, 2.24) is 4.57 Å². The molecule has 9 atom stereocenters. The minimum Gasteiger partial charge on any atom is -0.374 e. The smallest absolute Gasteiger partial charge is 0.211 e. The molecular formula is C36H54BrN3OS. The molecule has 2 unspecified atom stereocenters. The van der Waals surface area contributed by atoms with Crippen LogP contribution < -0.4 is 4.80 Å². The molecular weight excluding hydrogens is 602 g/mol. The maximum absolute atomic E-state index is 6.37. The van der Waals surface area contributed by atoms with Crippen LogP contribution in [0.3, 0.4) is 0 Å². The summed E-state index contributed by atoms with van der Waals surface area (Å²) in [5, 5.41) is 9.75. The Labute approximate surface area is 266 Å². The summed E-state index contributed by atoms with van der Waals surface area (Å²) in [4.78, 5) is 0.944. The van der Waals surface area contributed by atoms with E-state index in [0.717, 1.165) is 52.4 Å². The minimum absolute atomic E-state index is 0.0359. The maximum atomic E-state index is 6.37. The van der Waals surface area contributed by atoms with Gasteiger partial charge in [0.15, 0.2) is 0 Å².